The van der Waals surface area contributed by atoms with Gasteiger partial charge in [0.15, 0.2) is 5.78 Å². The van der Waals surface area contributed by atoms with Gasteiger partial charge >= 0.3 is 0 Å². The first kappa shape index (κ1) is 39.2. The molecular formula is C27H46O3S5. The van der Waals surface area contributed by atoms with Crippen molar-refractivity contribution in [1.29, 1.82) is 0 Å². The van der Waals surface area contributed by atoms with Crippen LogP contribution in [0.1, 0.15) is 79.0 Å². The molecule has 0 aromatic carbocycles. The minimum atomic E-state index is -0.958. The van der Waals surface area contributed by atoms with Crippen LogP contribution in [0.15, 0.2) is 40.3 Å². The Morgan fingerprint density at radius 3 is 2.43 bits per heavy atom. The average molecular weight is 579 g/mol. The Labute approximate surface area is 245 Å². The van der Waals surface area contributed by atoms with Crippen molar-refractivity contribution in [2.75, 3.05) is 6.61 Å². The monoisotopic (exact) mass is 578 g/mol. The summed E-state index contributed by atoms with van der Waals surface area (Å²) in [5.74, 6) is 6.84. The van der Waals surface area contributed by atoms with E-state index in [0.29, 0.717) is 19.4 Å². The zero-order valence-corrected chi connectivity index (χ0v) is 23.3. The average Bonchev–Trinajstić information content (AvgIpc) is 3.28. The number of allylic oxidation sites excluding steroid dienone is 1. The Balaban J connectivity index is -0.00000146. The Hall–Kier alpha value is -0.270. The molecule has 1 aromatic rings. The van der Waals surface area contributed by atoms with E-state index in [1.54, 1.807) is 17.4 Å². The van der Waals surface area contributed by atoms with Gasteiger partial charge in [-0.1, -0.05) is 41.2 Å². The van der Waals surface area contributed by atoms with Gasteiger partial charge in [-0.2, -0.15) is 54.0 Å². The van der Waals surface area contributed by atoms with E-state index in [9.17, 15) is 9.90 Å². The highest BCUT2D eigenvalue weighted by molar-refractivity contribution is 7.59. The van der Waals surface area contributed by atoms with Gasteiger partial charge in [0.05, 0.1) is 12.7 Å². The van der Waals surface area contributed by atoms with Gasteiger partial charge in [0.2, 0.25) is 0 Å². The van der Waals surface area contributed by atoms with Crippen molar-refractivity contribution in [3.05, 3.63) is 45.2 Å². The number of carbonyl (C=O) groups is 1. The third-order valence-electron chi connectivity index (χ3n) is 7.59. The molecule has 5 atom stereocenters. The molecule has 0 bridgehead atoms. The number of hydrogen-bond donors (Lipinski definition) is 1. The maximum Gasteiger partial charge on any atom is 0.156 e. The third-order valence-corrected chi connectivity index (χ3v) is 8.57. The van der Waals surface area contributed by atoms with Crippen LogP contribution in [0.2, 0.25) is 0 Å². The Bertz CT molecular complexity index is 959. The van der Waals surface area contributed by atoms with Crippen molar-refractivity contribution in [1.82, 2.24) is 0 Å². The molecule has 2 heterocycles. The summed E-state index contributed by atoms with van der Waals surface area (Å²) in [6.07, 6.45) is 5.74. The summed E-state index contributed by atoms with van der Waals surface area (Å²) >= 11 is 1.78. The maximum atomic E-state index is 12.0. The number of ketones is 1. The van der Waals surface area contributed by atoms with Gasteiger partial charge in [-0.3, -0.25) is 4.79 Å². The van der Waals surface area contributed by atoms with Gasteiger partial charge in [0.1, 0.15) is 5.60 Å². The maximum absolute atomic E-state index is 12.0. The van der Waals surface area contributed by atoms with Crippen LogP contribution < -0.4 is 0 Å². The molecule has 3 aliphatic carbocycles. The van der Waals surface area contributed by atoms with Crippen molar-refractivity contribution >= 4 is 71.1 Å². The van der Waals surface area contributed by atoms with E-state index in [1.807, 2.05) is 6.92 Å². The number of hydrogen-bond acceptors (Lipinski definition) is 4. The standard InChI is InChI=1S/C24H26O3S.3CH4.4H2S/c1-3-9-24(26)10-8-19-22-21(17-7-6-16(25)12-15(17)14-27-22)18(13-23(19,24)2)20-5-4-11-28-20;;;;;;;/h4-5,11-12,18-19,22,26H,6-8,10,13-14H2,1-2H3;3*1H4;4*1H2/t18?,19-,22-,23-,24-;;;;;;;/m0......./s1. The highest BCUT2D eigenvalue weighted by Crippen LogP contribution is 2.64. The number of aliphatic hydroxyl groups is 1. The summed E-state index contributed by atoms with van der Waals surface area (Å²) in [5.41, 5.74) is 2.55. The van der Waals surface area contributed by atoms with E-state index in [2.05, 4.69) is 36.3 Å². The number of thiophene rings is 1. The molecule has 202 valence electrons. The van der Waals surface area contributed by atoms with Gasteiger partial charge in [-0.25, -0.2) is 0 Å². The molecule has 0 amide bonds. The van der Waals surface area contributed by atoms with E-state index in [4.69, 9.17) is 4.74 Å². The highest BCUT2D eigenvalue weighted by Gasteiger charge is 2.63. The van der Waals surface area contributed by atoms with E-state index in [0.717, 1.165) is 24.8 Å². The van der Waals surface area contributed by atoms with E-state index in [1.165, 1.54) is 16.0 Å². The Morgan fingerprint density at radius 2 is 1.83 bits per heavy atom. The summed E-state index contributed by atoms with van der Waals surface area (Å²) in [6.45, 7) is 4.54. The van der Waals surface area contributed by atoms with Crippen molar-refractivity contribution in [3.8, 4) is 11.8 Å². The van der Waals surface area contributed by atoms with Crippen molar-refractivity contribution in [2.24, 2.45) is 11.3 Å². The zero-order chi connectivity index (χ0) is 19.5. The summed E-state index contributed by atoms with van der Waals surface area (Å²) in [4.78, 5) is 13.3. The second kappa shape index (κ2) is 14.6. The van der Waals surface area contributed by atoms with Crippen LogP contribution in [-0.4, -0.2) is 29.2 Å². The van der Waals surface area contributed by atoms with E-state index < -0.39 is 5.60 Å². The molecule has 5 rings (SSSR count). The Morgan fingerprint density at radius 1 is 1.14 bits per heavy atom. The van der Waals surface area contributed by atoms with Crippen LogP contribution in [0.4, 0.5) is 0 Å². The molecule has 8 heteroatoms. The quantitative estimate of drug-likeness (QED) is 0.375. The second-order valence-electron chi connectivity index (χ2n) is 8.87. The molecule has 0 radical (unpaired) electrons. The van der Waals surface area contributed by atoms with Crippen molar-refractivity contribution in [2.45, 2.75) is 85.9 Å². The number of carbonyl (C=O) groups excluding carboxylic acids is 1. The lowest BCUT2D eigenvalue weighted by molar-refractivity contribution is -0.115. The van der Waals surface area contributed by atoms with Gasteiger partial charge in [-0.15, -0.1) is 17.3 Å². The van der Waals surface area contributed by atoms with Gasteiger partial charge in [0.25, 0.3) is 0 Å². The summed E-state index contributed by atoms with van der Waals surface area (Å²) in [5, 5.41) is 13.6. The first-order chi connectivity index (χ1) is 13.5. The summed E-state index contributed by atoms with van der Waals surface area (Å²) < 4.78 is 6.45. The fourth-order valence-electron chi connectivity index (χ4n) is 6.17. The molecule has 1 unspecified atom stereocenters. The van der Waals surface area contributed by atoms with Crippen LogP contribution in [-0.2, 0) is 9.53 Å². The smallest absolute Gasteiger partial charge is 0.156 e. The fourth-order valence-corrected chi connectivity index (χ4v) is 7.02. The second-order valence-corrected chi connectivity index (χ2v) is 9.85. The molecule has 0 saturated heterocycles. The topological polar surface area (TPSA) is 46.5 Å². The highest BCUT2D eigenvalue weighted by atomic mass is 32.1. The molecule has 3 nitrogen and oxygen atoms in total. The zero-order valence-electron chi connectivity index (χ0n) is 18.5. The van der Waals surface area contributed by atoms with Crippen molar-refractivity contribution in [3.63, 3.8) is 0 Å². The summed E-state index contributed by atoms with van der Waals surface area (Å²) in [7, 11) is 0. The predicted octanol–water partition coefficient (Wildman–Crippen LogP) is 6.75. The largest absolute Gasteiger partial charge is 0.377 e. The number of ether oxygens (including phenoxy) is 1. The SMILES string of the molecule is C.C.C.CC#C[C@]1(O)CC[C@H]2[C@@H]3OCC4=CC(=O)CCC4=C3C(c3cccs3)C[C@@]21C.S.S.S.S. The third kappa shape index (κ3) is 6.08. The molecule has 0 spiro atoms. The van der Waals surface area contributed by atoms with E-state index >= 15 is 0 Å². The fraction of sp³-hybridized carbons (Fsp3) is 0.593. The lowest BCUT2D eigenvalue weighted by atomic mass is 9.56. The Kier molecular flexibility index (Phi) is 16.4. The lowest BCUT2D eigenvalue weighted by Crippen LogP contribution is -2.53. The number of rotatable bonds is 1. The van der Waals surface area contributed by atoms with Crippen LogP contribution >= 0.6 is 65.3 Å². The summed E-state index contributed by atoms with van der Waals surface area (Å²) in [6, 6.07) is 4.31. The predicted molar refractivity (Wildman–Crippen MR) is 172 cm³/mol. The molecule has 1 N–H and O–H groups in total. The number of fused-ring (bicyclic) bond motifs is 4. The van der Waals surface area contributed by atoms with Gasteiger partial charge < -0.3 is 9.84 Å². The molecule has 2 fully saturated rings. The lowest BCUT2D eigenvalue weighted by Gasteiger charge is -2.52. The van der Waals surface area contributed by atoms with Gasteiger partial charge in [0, 0.05) is 22.6 Å². The first-order valence-electron chi connectivity index (χ1n) is 10.2. The van der Waals surface area contributed by atoms with Crippen LogP contribution in [0.3, 0.4) is 0 Å². The minimum absolute atomic E-state index is 0. The first-order valence-corrected chi connectivity index (χ1v) is 11.1. The molecular weight excluding hydrogens is 533 g/mol. The van der Waals surface area contributed by atoms with Gasteiger partial charge in [-0.05, 0) is 72.8 Å². The van der Waals surface area contributed by atoms with Crippen LogP contribution in [0.5, 0.6) is 0 Å². The molecule has 35 heavy (non-hydrogen) atoms. The molecule has 2 saturated carbocycles. The minimum Gasteiger partial charge on any atom is -0.377 e. The van der Waals surface area contributed by atoms with E-state index in [-0.39, 0.29) is 105 Å². The molecule has 1 aromatic heterocycles. The molecule has 4 aliphatic rings. The van der Waals surface area contributed by atoms with Crippen LogP contribution in [0, 0.1) is 23.2 Å². The molecule has 1 aliphatic heterocycles. The van der Waals surface area contributed by atoms with Crippen LogP contribution in [0.25, 0.3) is 0 Å². The normalized spacial score (nSPS) is 31.6. The van der Waals surface area contributed by atoms with Crippen molar-refractivity contribution < 1.29 is 14.6 Å².